The maximum atomic E-state index is 14.3. The smallest absolute Gasteiger partial charge is 0.243 e. The Morgan fingerprint density at radius 3 is 1.53 bits per heavy atom. The molecule has 14 nitrogen and oxygen atoms in total. The fraction of sp³-hybridized carbons (Fsp3) is 0.523. The Bertz CT molecular complexity index is 1910. The van der Waals surface area contributed by atoms with Crippen molar-refractivity contribution < 1.29 is 24.0 Å². The Labute approximate surface area is 342 Å². The van der Waals surface area contributed by atoms with Gasteiger partial charge >= 0.3 is 0 Å². The van der Waals surface area contributed by atoms with E-state index in [0.29, 0.717) is 51.6 Å². The molecular formula is C44H65N9O5. The Morgan fingerprint density at radius 1 is 0.552 bits per heavy atom. The summed E-state index contributed by atoms with van der Waals surface area (Å²) in [6.07, 6.45) is 14.6. The summed E-state index contributed by atoms with van der Waals surface area (Å²) in [7, 11) is 0. The van der Waals surface area contributed by atoms with E-state index in [1.807, 2.05) is 48.5 Å². The van der Waals surface area contributed by atoms with Crippen molar-refractivity contribution in [2.24, 2.45) is 17.2 Å². The lowest BCUT2D eigenvalue weighted by Gasteiger charge is -2.26. The van der Waals surface area contributed by atoms with Gasteiger partial charge in [0.1, 0.15) is 24.2 Å². The SMILES string of the molecule is CCCCCCCCCC(=O)N[C@@H](CCCCN)C(=O)N[C@@H](Cc1c[nH]c2ccccc12)C(=O)N[C@@H](CCCCN)C(=O)N[C@@H](Cc1c[nH]c2ccccc12)C(N)=O. The summed E-state index contributed by atoms with van der Waals surface area (Å²) in [5.41, 5.74) is 20.7. The molecule has 0 saturated carbocycles. The first-order valence-electron chi connectivity index (χ1n) is 21.1. The Kier molecular flexibility index (Phi) is 19.2. The number of carbonyl (C=O) groups is 5. The molecule has 0 bridgehead atoms. The van der Waals surface area contributed by atoms with Crippen molar-refractivity contribution >= 4 is 51.3 Å². The number of hydrogen-bond acceptors (Lipinski definition) is 7. The second kappa shape index (κ2) is 24.5. The minimum Gasteiger partial charge on any atom is -0.368 e. The molecule has 0 aliphatic rings. The van der Waals surface area contributed by atoms with Crippen LogP contribution >= 0.6 is 0 Å². The minimum atomic E-state index is -1.12. The van der Waals surface area contributed by atoms with E-state index in [2.05, 4.69) is 38.2 Å². The van der Waals surface area contributed by atoms with Crippen molar-refractivity contribution in [1.82, 2.24) is 31.2 Å². The summed E-state index contributed by atoms with van der Waals surface area (Å²) >= 11 is 0. The molecule has 4 rings (SSSR count). The fourth-order valence-corrected chi connectivity index (χ4v) is 7.32. The molecule has 58 heavy (non-hydrogen) atoms. The van der Waals surface area contributed by atoms with E-state index in [9.17, 15) is 24.0 Å². The van der Waals surface area contributed by atoms with Crippen LogP contribution < -0.4 is 38.5 Å². The lowest BCUT2D eigenvalue weighted by molar-refractivity contribution is -0.134. The van der Waals surface area contributed by atoms with Gasteiger partial charge in [-0.25, -0.2) is 0 Å². The van der Waals surface area contributed by atoms with Crippen molar-refractivity contribution in [1.29, 1.82) is 0 Å². The third-order valence-corrected chi connectivity index (χ3v) is 10.7. The lowest BCUT2D eigenvalue weighted by Crippen LogP contribution is -2.58. The van der Waals surface area contributed by atoms with E-state index in [0.717, 1.165) is 58.6 Å². The van der Waals surface area contributed by atoms with Gasteiger partial charge in [0.05, 0.1) is 0 Å². The maximum Gasteiger partial charge on any atom is 0.243 e. The highest BCUT2D eigenvalue weighted by atomic mass is 16.2. The van der Waals surface area contributed by atoms with E-state index in [1.165, 1.54) is 19.3 Å². The summed E-state index contributed by atoms with van der Waals surface area (Å²) < 4.78 is 0. The van der Waals surface area contributed by atoms with Crippen molar-refractivity contribution in [2.75, 3.05) is 13.1 Å². The molecule has 0 saturated heterocycles. The number of rotatable bonds is 28. The molecule has 316 valence electrons. The first-order valence-corrected chi connectivity index (χ1v) is 21.1. The van der Waals surface area contributed by atoms with E-state index < -0.39 is 47.8 Å². The largest absolute Gasteiger partial charge is 0.368 e. The Balaban J connectivity index is 1.52. The van der Waals surface area contributed by atoms with Crippen molar-refractivity contribution in [3.8, 4) is 0 Å². The molecule has 2 heterocycles. The van der Waals surface area contributed by atoms with Crippen LogP contribution in [0.5, 0.6) is 0 Å². The van der Waals surface area contributed by atoms with Crippen LogP contribution in [0.4, 0.5) is 0 Å². The zero-order valence-electron chi connectivity index (χ0n) is 34.1. The predicted molar refractivity (Wildman–Crippen MR) is 229 cm³/mol. The summed E-state index contributed by atoms with van der Waals surface area (Å²) in [4.78, 5) is 74.5. The maximum absolute atomic E-state index is 14.3. The molecule has 2 aromatic heterocycles. The van der Waals surface area contributed by atoms with Gasteiger partial charge in [-0.3, -0.25) is 24.0 Å². The zero-order valence-corrected chi connectivity index (χ0v) is 34.1. The van der Waals surface area contributed by atoms with Gasteiger partial charge in [0.2, 0.25) is 29.5 Å². The molecule has 0 aliphatic heterocycles. The van der Waals surface area contributed by atoms with Gasteiger partial charge in [-0.15, -0.1) is 0 Å². The summed E-state index contributed by atoms with van der Waals surface area (Å²) in [6, 6.07) is 11.1. The molecular weight excluding hydrogens is 735 g/mol. The molecule has 0 fully saturated rings. The van der Waals surface area contributed by atoms with Crippen LogP contribution in [-0.4, -0.2) is 76.8 Å². The third-order valence-electron chi connectivity index (χ3n) is 10.7. The third kappa shape index (κ3) is 14.3. The van der Waals surface area contributed by atoms with Crippen LogP contribution in [0.2, 0.25) is 0 Å². The monoisotopic (exact) mass is 800 g/mol. The molecule has 2 aromatic carbocycles. The number of nitrogens with two attached hydrogens (primary N) is 3. The van der Waals surface area contributed by atoms with Gasteiger partial charge in [-0.2, -0.15) is 0 Å². The van der Waals surface area contributed by atoms with Gasteiger partial charge in [-0.1, -0.05) is 81.8 Å². The topological polar surface area (TPSA) is 243 Å². The quantitative estimate of drug-likeness (QED) is 0.0378. The van der Waals surface area contributed by atoms with Crippen molar-refractivity contribution in [3.05, 3.63) is 72.1 Å². The number of fused-ring (bicyclic) bond motifs is 2. The number of benzene rings is 2. The van der Waals surface area contributed by atoms with Gasteiger partial charge < -0.3 is 48.4 Å². The van der Waals surface area contributed by atoms with Gasteiger partial charge in [-0.05, 0) is 81.3 Å². The average molecular weight is 800 g/mol. The number of carbonyl (C=O) groups excluding carboxylic acids is 5. The Hall–Kier alpha value is -5.21. The highest BCUT2D eigenvalue weighted by molar-refractivity contribution is 5.96. The fourth-order valence-electron chi connectivity index (χ4n) is 7.32. The number of primary amides is 1. The predicted octanol–water partition coefficient (Wildman–Crippen LogP) is 4.26. The number of hydrogen-bond donors (Lipinski definition) is 9. The molecule has 12 N–H and O–H groups in total. The number of H-pyrrole nitrogens is 2. The Morgan fingerprint density at radius 2 is 1.00 bits per heavy atom. The second-order valence-corrected chi connectivity index (χ2v) is 15.3. The van der Waals surface area contributed by atoms with Gasteiger partial charge in [0, 0.05) is 53.5 Å². The van der Waals surface area contributed by atoms with Crippen LogP contribution in [0.15, 0.2) is 60.9 Å². The number of nitrogens with one attached hydrogen (secondary N) is 6. The summed E-state index contributed by atoms with van der Waals surface area (Å²) in [5.74, 6) is -2.60. The molecule has 0 aliphatic carbocycles. The minimum absolute atomic E-state index is 0.102. The second-order valence-electron chi connectivity index (χ2n) is 15.3. The van der Waals surface area contributed by atoms with E-state index in [-0.39, 0.29) is 25.2 Å². The lowest BCUT2D eigenvalue weighted by atomic mass is 10.0. The van der Waals surface area contributed by atoms with Gasteiger partial charge in [0.25, 0.3) is 0 Å². The van der Waals surface area contributed by atoms with Crippen molar-refractivity contribution in [2.45, 2.75) is 134 Å². The highest BCUT2D eigenvalue weighted by Gasteiger charge is 2.32. The van der Waals surface area contributed by atoms with Gasteiger partial charge in [0.15, 0.2) is 0 Å². The number of unbranched alkanes of at least 4 members (excludes halogenated alkanes) is 8. The number of aromatic amines is 2. The van der Waals surface area contributed by atoms with E-state index >= 15 is 0 Å². The number of aromatic nitrogens is 2. The van der Waals surface area contributed by atoms with Crippen LogP contribution in [0, 0.1) is 0 Å². The number of para-hydroxylation sites is 2. The van der Waals surface area contributed by atoms with E-state index in [1.54, 1.807) is 12.4 Å². The molecule has 0 unspecified atom stereocenters. The molecule has 4 atom stereocenters. The normalized spacial score (nSPS) is 13.4. The van der Waals surface area contributed by atoms with Crippen LogP contribution in [0.1, 0.15) is 108 Å². The number of amides is 5. The molecule has 0 spiro atoms. The summed E-state index contributed by atoms with van der Waals surface area (Å²) in [5, 5.41) is 13.3. The molecule has 14 heteroatoms. The standard InChI is InChI=1S/C44H65N9O5/c1-2-3-4-5-6-7-8-23-40(54)50-36(21-13-15-24-45)42(56)53-39(27-31-29-49-35-20-12-10-18-33(31)35)44(58)51-37(22-14-16-25-46)43(57)52-38(41(47)55)26-30-28-48-34-19-11-9-17-32(30)34/h9-12,17-20,28-29,36-39,48-49H,2-8,13-16,21-27,45-46H2,1H3,(H2,47,55)(H,50,54)(H,51,58)(H,52,57)(H,53,56)/t36-,37-,38-,39-/m0/s1. The summed E-state index contributed by atoms with van der Waals surface area (Å²) in [6.45, 7) is 3.01. The van der Waals surface area contributed by atoms with Crippen LogP contribution in [-0.2, 0) is 36.8 Å². The average Bonchev–Trinajstić information content (AvgIpc) is 3.83. The van der Waals surface area contributed by atoms with E-state index in [4.69, 9.17) is 17.2 Å². The molecule has 4 aromatic rings. The van der Waals surface area contributed by atoms with Crippen molar-refractivity contribution in [3.63, 3.8) is 0 Å². The first-order chi connectivity index (χ1) is 28.1. The highest BCUT2D eigenvalue weighted by Crippen LogP contribution is 2.21. The van der Waals surface area contributed by atoms with Crippen LogP contribution in [0.3, 0.4) is 0 Å². The molecule has 0 radical (unpaired) electrons. The van der Waals surface area contributed by atoms with Crippen LogP contribution in [0.25, 0.3) is 21.8 Å². The zero-order chi connectivity index (χ0) is 41.7. The molecule has 5 amide bonds. The first kappa shape index (κ1) is 45.5.